The van der Waals surface area contributed by atoms with Gasteiger partial charge in [-0.25, -0.2) is 0 Å². The minimum atomic E-state index is -0.469. The first-order valence-corrected chi connectivity index (χ1v) is 9.18. The minimum Gasteiger partial charge on any atom is -0.496 e. The number of hydrogen-bond donors (Lipinski definition) is 1. The number of hydrogen-bond acceptors (Lipinski definition) is 3. The maximum atomic E-state index is 12.4. The van der Waals surface area contributed by atoms with Gasteiger partial charge in [-0.2, -0.15) is 0 Å². The Morgan fingerprint density at radius 1 is 1.12 bits per heavy atom. The highest BCUT2D eigenvalue weighted by Gasteiger charge is 2.18. The highest BCUT2D eigenvalue weighted by atomic mass is 16.5. The van der Waals surface area contributed by atoms with Crippen molar-refractivity contribution in [2.24, 2.45) is 0 Å². The summed E-state index contributed by atoms with van der Waals surface area (Å²) < 4.78 is 11.2. The van der Waals surface area contributed by atoms with Crippen LogP contribution in [0.25, 0.3) is 0 Å². The first kappa shape index (κ1) is 19.8. The van der Waals surface area contributed by atoms with Crippen molar-refractivity contribution in [3.8, 4) is 11.5 Å². The van der Waals surface area contributed by atoms with E-state index in [1.165, 1.54) is 5.56 Å². The van der Waals surface area contributed by atoms with E-state index in [0.717, 1.165) is 35.5 Å². The summed E-state index contributed by atoms with van der Waals surface area (Å²) in [6.07, 6.45) is 1.87. The van der Waals surface area contributed by atoms with Gasteiger partial charge in [-0.1, -0.05) is 31.2 Å². The molecule has 0 unspecified atom stereocenters. The molecule has 0 aromatic heterocycles. The summed E-state index contributed by atoms with van der Waals surface area (Å²) in [7, 11) is 1.68. The van der Waals surface area contributed by atoms with E-state index in [-0.39, 0.29) is 5.91 Å². The Bertz CT molecular complexity index is 727. The van der Waals surface area contributed by atoms with E-state index in [2.05, 4.69) is 18.3 Å². The van der Waals surface area contributed by atoms with E-state index >= 15 is 0 Å². The van der Waals surface area contributed by atoms with Crippen LogP contribution in [0.2, 0.25) is 0 Å². The van der Waals surface area contributed by atoms with E-state index in [1.54, 1.807) is 7.11 Å². The Morgan fingerprint density at radius 3 is 2.58 bits per heavy atom. The molecule has 0 fully saturated rings. The molecule has 1 amide bonds. The first-order valence-electron chi connectivity index (χ1n) is 9.18. The maximum Gasteiger partial charge on any atom is 0.261 e. The summed E-state index contributed by atoms with van der Waals surface area (Å²) in [6.45, 7) is 6.68. The van der Waals surface area contributed by atoms with Gasteiger partial charge in [0, 0.05) is 6.54 Å². The van der Waals surface area contributed by atoms with Crippen LogP contribution < -0.4 is 14.8 Å². The van der Waals surface area contributed by atoms with Gasteiger partial charge in [-0.15, -0.1) is 0 Å². The molecule has 0 spiro atoms. The van der Waals surface area contributed by atoms with Crippen molar-refractivity contribution >= 4 is 5.91 Å². The number of methoxy groups -OCH3 is 1. The molecule has 26 heavy (non-hydrogen) atoms. The van der Waals surface area contributed by atoms with Crippen LogP contribution in [0.15, 0.2) is 42.5 Å². The van der Waals surface area contributed by atoms with Gasteiger partial charge in [0.05, 0.1) is 7.11 Å². The number of rotatable bonds is 9. The van der Waals surface area contributed by atoms with Crippen LogP contribution in [0, 0.1) is 13.8 Å². The molecule has 140 valence electrons. The number of aryl methyl sites for hydroxylation is 3. The fourth-order valence-electron chi connectivity index (χ4n) is 2.79. The average molecular weight is 355 g/mol. The molecule has 0 saturated heterocycles. The van der Waals surface area contributed by atoms with Crippen LogP contribution in [-0.4, -0.2) is 25.7 Å². The fourth-order valence-corrected chi connectivity index (χ4v) is 2.79. The Kier molecular flexibility index (Phi) is 7.52. The molecule has 1 atom stereocenters. The van der Waals surface area contributed by atoms with Gasteiger partial charge in [0.2, 0.25) is 0 Å². The summed E-state index contributed by atoms with van der Waals surface area (Å²) in [5.74, 6) is 1.57. The predicted octanol–water partition coefficient (Wildman–Crippen LogP) is 4.22. The number of nitrogens with one attached hydrogen (secondary N) is 1. The summed E-state index contributed by atoms with van der Waals surface area (Å²) in [4.78, 5) is 12.4. The zero-order valence-corrected chi connectivity index (χ0v) is 16.2. The van der Waals surface area contributed by atoms with Crippen molar-refractivity contribution in [1.29, 1.82) is 0 Å². The van der Waals surface area contributed by atoms with E-state index in [9.17, 15) is 4.79 Å². The first-order chi connectivity index (χ1) is 12.5. The lowest BCUT2D eigenvalue weighted by Gasteiger charge is -2.18. The van der Waals surface area contributed by atoms with E-state index in [4.69, 9.17) is 9.47 Å². The normalized spacial score (nSPS) is 11.7. The highest BCUT2D eigenvalue weighted by Crippen LogP contribution is 2.19. The molecular formula is C22H29NO3. The van der Waals surface area contributed by atoms with E-state index in [1.807, 2.05) is 50.2 Å². The molecule has 2 rings (SSSR count). The molecule has 2 aromatic rings. The summed E-state index contributed by atoms with van der Waals surface area (Å²) in [5, 5.41) is 2.98. The zero-order chi connectivity index (χ0) is 18.9. The third-order valence-corrected chi connectivity index (χ3v) is 4.53. The Morgan fingerprint density at radius 2 is 1.88 bits per heavy atom. The van der Waals surface area contributed by atoms with E-state index in [0.29, 0.717) is 13.0 Å². The number of carbonyl (C=O) groups is 1. The molecule has 0 aliphatic rings. The third-order valence-electron chi connectivity index (χ3n) is 4.53. The van der Waals surface area contributed by atoms with Crippen LogP contribution in [-0.2, 0) is 11.2 Å². The molecule has 4 nitrogen and oxygen atoms in total. The molecule has 0 bridgehead atoms. The molecule has 2 aromatic carbocycles. The zero-order valence-electron chi connectivity index (χ0n) is 16.2. The second kappa shape index (κ2) is 9.85. The summed E-state index contributed by atoms with van der Waals surface area (Å²) in [5.41, 5.74) is 3.53. The van der Waals surface area contributed by atoms with Gasteiger partial charge in [-0.3, -0.25) is 4.79 Å². The molecule has 0 saturated carbocycles. The largest absolute Gasteiger partial charge is 0.496 e. The van der Waals surface area contributed by atoms with Gasteiger partial charge >= 0.3 is 0 Å². The fraction of sp³-hybridized carbons (Fsp3) is 0.409. The lowest BCUT2D eigenvalue weighted by atomic mass is 10.1. The van der Waals surface area contributed by atoms with Crippen molar-refractivity contribution in [3.05, 3.63) is 59.2 Å². The molecule has 1 N–H and O–H groups in total. The SMILES string of the molecule is CC[C@H](Oc1ccc(C)c(C)c1)C(=O)NCCCc1ccccc1OC. The van der Waals surface area contributed by atoms with Crippen LogP contribution in [0.1, 0.15) is 36.5 Å². The third kappa shape index (κ3) is 5.51. The lowest BCUT2D eigenvalue weighted by Crippen LogP contribution is -2.38. The quantitative estimate of drug-likeness (QED) is 0.685. The molecule has 4 heteroatoms. The standard InChI is InChI=1S/C22H29NO3/c1-5-20(26-19-13-12-16(2)17(3)15-19)22(24)23-14-8-10-18-9-6-7-11-21(18)25-4/h6-7,9,11-13,15,20H,5,8,10,14H2,1-4H3,(H,23,24)/t20-/m0/s1. The Labute approximate surface area is 156 Å². The molecule has 0 heterocycles. The van der Waals surface area contributed by atoms with Crippen molar-refractivity contribution in [2.45, 2.75) is 46.1 Å². The van der Waals surface area contributed by atoms with Crippen LogP contribution in [0.5, 0.6) is 11.5 Å². The Balaban J connectivity index is 1.82. The lowest BCUT2D eigenvalue weighted by molar-refractivity contribution is -0.128. The second-order valence-corrected chi connectivity index (χ2v) is 6.47. The van der Waals surface area contributed by atoms with Gasteiger partial charge in [0.15, 0.2) is 6.10 Å². The topological polar surface area (TPSA) is 47.6 Å². The molecular weight excluding hydrogens is 326 g/mol. The average Bonchev–Trinajstić information content (AvgIpc) is 2.66. The van der Waals surface area contributed by atoms with Crippen molar-refractivity contribution < 1.29 is 14.3 Å². The summed E-state index contributed by atoms with van der Waals surface area (Å²) in [6, 6.07) is 13.9. The Hall–Kier alpha value is -2.49. The number of amides is 1. The number of benzene rings is 2. The highest BCUT2D eigenvalue weighted by molar-refractivity contribution is 5.81. The number of ether oxygens (including phenoxy) is 2. The number of para-hydroxylation sites is 1. The van der Waals surface area contributed by atoms with Gasteiger partial charge < -0.3 is 14.8 Å². The van der Waals surface area contributed by atoms with Crippen LogP contribution in [0.3, 0.4) is 0 Å². The van der Waals surface area contributed by atoms with Crippen molar-refractivity contribution in [1.82, 2.24) is 5.32 Å². The number of carbonyl (C=O) groups excluding carboxylic acids is 1. The van der Waals surface area contributed by atoms with Crippen molar-refractivity contribution in [3.63, 3.8) is 0 Å². The smallest absolute Gasteiger partial charge is 0.261 e. The molecule has 0 aliphatic carbocycles. The van der Waals surface area contributed by atoms with Crippen LogP contribution in [0.4, 0.5) is 0 Å². The van der Waals surface area contributed by atoms with Crippen molar-refractivity contribution in [2.75, 3.05) is 13.7 Å². The van der Waals surface area contributed by atoms with Gasteiger partial charge in [0.1, 0.15) is 11.5 Å². The minimum absolute atomic E-state index is 0.0641. The predicted molar refractivity (Wildman–Crippen MR) is 105 cm³/mol. The monoisotopic (exact) mass is 355 g/mol. The van der Waals surface area contributed by atoms with Gasteiger partial charge in [0.25, 0.3) is 5.91 Å². The van der Waals surface area contributed by atoms with E-state index < -0.39 is 6.10 Å². The molecule has 0 aliphatic heterocycles. The second-order valence-electron chi connectivity index (χ2n) is 6.47. The summed E-state index contributed by atoms with van der Waals surface area (Å²) >= 11 is 0. The van der Waals surface area contributed by atoms with Crippen LogP contribution >= 0.6 is 0 Å². The maximum absolute atomic E-state index is 12.4. The molecule has 0 radical (unpaired) electrons. The van der Waals surface area contributed by atoms with Gasteiger partial charge in [-0.05, 0) is 68.0 Å².